The molecule has 8 heteroatoms. The summed E-state index contributed by atoms with van der Waals surface area (Å²) in [6.07, 6.45) is 8.53. The van der Waals surface area contributed by atoms with Gasteiger partial charge >= 0.3 is 0 Å². The van der Waals surface area contributed by atoms with Crippen LogP contribution in [0.3, 0.4) is 0 Å². The van der Waals surface area contributed by atoms with Gasteiger partial charge in [-0.1, -0.05) is 39.2 Å². The number of hydroxylamine groups is 1. The highest BCUT2D eigenvalue weighted by molar-refractivity contribution is 8.00. The summed E-state index contributed by atoms with van der Waals surface area (Å²) in [5.74, 6) is -0.922. The monoisotopic (exact) mass is 469 g/mol. The molecule has 4 N–H and O–H groups in total. The molecule has 0 aliphatic heterocycles. The van der Waals surface area contributed by atoms with Crippen LogP contribution in [0, 0.1) is 23.7 Å². The highest BCUT2D eigenvalue weighted by Crippen LogP contribution is 2.35. The van der Waals surface area contributed by atoms with Gasteiger partial charge in [-0.2, -0.15) is 11.8 Å². The Kier molecular flexibility index (Phi) is 12.4. The average Bonchev–Trinajstić information content (AvgIpc) is 2.77. The summed E-state index contributed by atoms with van der Waals surface area (Å²) in [4.78, 5) is 38.5. The minimum absolute atomic E-state index is 0.150. The Bertz CT molecular complexity index is 633. The highest BCUT2D eigenvalue weighted by Gasteiger charge is 2.40. The molecule has 3 amide bonds. The standard InChI is InChI=1S/C24H43N3O4S/c1-7-11-18(22(29)27-31)19(14-16(2)3)21(28)26-20(23(30)25-6)24(4,5)32-15-17-12-9-8-10-13-17/h7,16-20,31H,1,8-15H2,2-6H3,(H,25,30)(H,26,28)(H,27,29)/t18-,19+,20?/m0/s1. The van der Waals surface area contributed by atoms with Crippen molar-refractivity contribution >= 4 is 29.5 Å². The van der Waals surface area contributed by atoms with Gasteiger partial charge in [0, 0.05) is 11.8 Å². The van der Waals surface area contributed by atoms with Crippen LogP contribution in [0.4, 0.5) is 0 Å². The third-order valence-electron chi connectivity index (χ3n) is 6.32. The van der Waals surface area contributed by atoms with E-state index in [-0.39, 0.29) is 24.2 Å². The Morgan fingerprint density at radius 3 is 2.22 bits per heavy atom. The summed E-state index contributed by atoms with van der Waals surface area (Å²) in [6.45, 7) is 11.6. The molecular formula is C24H43N3O4S. The van der Waals surface area contributed by atoms with E-state index in [9.17, 15) is 19.6 Å². The molecule has 184 valence electrons. The first-order valence-corrected chi connectivity index (χ1v) is 12.8. The van der Waals surface area contributed by atoms with Crippen LogP contribution < -0.4 is 16.1 Å². The third kappa shape index (κ3) is 8.77. The van der Waals surface area contributed by atoms with Crippen LogP contribution in [0.5, 0.6) is 0 Å². The van der Waals surface area contributed by atoms with Crippen LogP contribution in [-0.4, -0.2) is 46.5 Å². The predicted molar refractivity (Wildman–Crippen MR) is 130 cm³/mol. The van der Waals surface area contributed by atoms with Gasteiger partial charge in [0.25, 0.3) is 0 Å². The molecule has 1 saturated carbocycles. The fraction of sp³-hybridized carbons (Fsp3) is 0.792. The van der Waals surface area contributed by atoms with E-state index in [4.69, 9.17) is 0 Å². The maximum Gasteiger partial charge on any atom is 0.247 e. The van der Waals surface area contributed by atoms with Crippen LogP contribution >= 0.6 is 11.8 Å². The van der Waals surface area contributed by atoms with Gasteiger partial charge in [-0.25, -0.2) is 5.48 Å². The zero-order valence-electron chi connectivity index (χ0n) is 20.4. The van der Waals surface area contributed by atoms with E-state index >= 15 is 0 Å². The van der Waals surface area contributed by atoms with E-state index in [1.165, 1.54) is 32.1 Å². The van der Waals surface area contributed by atoms with Crippen molar-refractivity contribution in [2.75, 3.05) is 12.8 Å². The summed E-state index contributed by atoms with van der Waals surface area (Å²) in [5, 5.41) is 14.8. The fourth-order valence-corrected chi connectivity index (χ4v) is 5.73. The van der Waals surface area contributed by atoms with Gasteiger partial charge in [0.1, 0.15) is 6.04 Å². The number of allylic oxidation sites excluding steroid dienone is 1. The van der Waals surface area contributed by atoms with Crippen LogP contribution in [-0.2, 0) is 14.4 Å². The second-order valence-corrected chi connectivity index (χ2v) is 11.5. The Labute approximate surface area is 197 Å². The van der Waals surface area contributed by atoms with E-state index in [0.717, 1.165) is 5.75 Å². The molecule has 32 heavy (non-hydrogen) atoms. The first kappa shape index (κ1) is 28.5. The molecule has 0 spiro atoms. The lowest BCUT2D eigenvalue weighted by Crippen LogP contribution is -2.58. The fourth-order valence-electron chi connectivity index (χ4n) is 4.40. The van der Waals surface area contributed by atoms with Gasteiger partial charge in [0.2, 0.25) is 17.7 Å². The predicted octanol–water partition coefficient (Wildman–Crippen LogP) is 3.67. The molecule has 0 saturated heterocycles. The number of rotatable bonds is 13. The number of likely N-dealkylation sites (N-methyl/N-ethyl adjacent to an activating group) is 1. The number of amides is 3. The number of thioether (sulfide) groups is 1. The number of carbonyl (C=O) groups excluding carboxylic acids is 3. The minimum atomic E-state index is -0.761. The molecule has 1 unspecified atom stereocenters. The molecular weight excluding hydrogens is 426 g/mol. The summed E-state index contributed by atoms with van der Waals surface area (Å²) < 4.78 is -0.525. The highest BCUT2D eigenvalue weighted by atomic mass is 32.2. The Morgan fingerprint density at radius 2 is 1.72 bits per heavy atom. The van der Waals surface area contributed by atoms with Gasteiger partial charge in [0.15, 0.2) is 0 Å². The van der Waals surface area contributed by atoms with Crippen molar-refractivity contribution in [1.29, 1.82) is 0 Å². The molecule has 7 nitrogen and oxygen atoms in total. The second-order valence-electron chi connectivity index (χ2n) is 9.82. The van der Waals surface area contributed by atoms with Crippen molar-refractivity contribution in [3.05, 3.63) is 12.7 Å². The van der Waals surface area contributed by atoms with Crippen molar-refractivity contribution in [3.8, 4) is 0 Å². The minimum Gasteiger partial charge on any atom is -0.357 e. The summed E-state index contributed by atoms with van der Waals surface area (Å²) in [7, 11) is 1.56. The SMILES string of the molecule is C=CC[C@H](C(=O)NO)[C@@H](CC(C)C)C(=O)NC(C(=O)NC)C(C)(C)SCC1CCCCC1. The number of carbonyl (C=O) groups is 3. The first-order chi connectivity index (χ1) is 15.1. The zero-order chi connectivity index (χ0) is 24.3. The van der Waals surface area contributed by atoms with Crippen molar-refractivity contribution in [2.45, 2.75) is 83.4 Å². The Morgan fingerprint density at radius 1 is 1.09 bits per heavy atom. The van der Waals surface area contributed by atoms with Gasteiger partial charge in [0.05, 0.1) is 11.8 Å². The lowest BCUT2D eigenvalue weighted by atomic mass is 9.81. The van der Waals surface area contributed by atoms with E-state index in [1.807, 2.05) is 27.7 Å². The molecule has 0 aromatic carbocycles. The summed E-state index contributed by atoms with van der Waals surface area (Å²) in [6, 6.07) is -0.746. The van der Waals surface area contributed by atoms with Gasteiger partial charge in [-0.15, -0.1) is 6.58 Å². The summed E-state index contributed by atoms with van der Waals surface area (Å²) in [5.41, 5.74) is 1.68. The lowest BCUT2D eigenvalue weighted by molar-refractivity contribution is -0.141. The van der Waals surface area contributed by atoms with Crippen LogP contribution in [0.1, 0.15) is 72.6 Å². The molecule has 0 aromatic rings. The Hall–Kier alpha value is -1.54. The van der Waals surface area contributed by atoms with Crippen molar-refractivity contribution in [2.24, 2.45) is 23.7 Å². The molecule has 1 fully saturated rings. The molecule has 0 aromatic heterocycles. The van der Waals surface area contributed by atoms with E-state index in [2.05, 4.69) is 17.2 Å². The second kappa shape index (κ2) is 13.9. The largest absolute Gasteiger partial charge is 0.357 e. The smallest absolute Gasteiger partial charge is 0.247 e. The summed E-state index contributed by atoms with van der Waals surface area (Å²) >= 11 is 1.72. The van der Waals surface area contributed by atoms with Crippen molar-refractivity contribution in [1.82, 2.24) is 16.1 Å². The van der Waals surface area contributed by atoms with Crippen molar-refractivity contribution < 1.29 is 19.6 Å². The molecule has 3 atom stereocenters. The molecule has 1 aliphatic rings. The van der Waals surface area contributed by atoms with Gasteiger partial charge in [-0.05, 0) is 57.1 Å². The normalized spacial score (nSPS) is 17.8. The first-order valence-electron chi connectivity index (χ1n) is 11.8. The van der Waals surface area contributed by atoms with Crippen molar-refractivity contribution in [3.63, 3.8) is 0 Å². The maximum absolute atomic E-state index is 13.4. The molecule has 1 rings (SSSR count). The number of nitrogens with one attached hydrogen (secondary N) is 3. The molecule has 0 heterocycles. The van der Waals surface area contributed by atoms with Crippen LogP contribution in [0.15, 0.2) is 12.7 Å². The van der Waals surface area contributed by atoms with E-state index < -0.39 is 28.5 Å². The third-order valence-corrected chi connectivity index (χ3v) is 7.94. The molecule has 1 aliphatic carbocycles. The number of hydrogen-bond acceptors (Lipinski definition) is 5. The van der Waals surface area contributed by atoms with E-state index in [1.54, 1.807) is 30.4 Å². The van der Waals surface area contributed by atoms with Gasteiger partial charge < -0.3 is 10.6 Å². The molecule has 0 radical (unpaired) electrons. The van der Waals surface area contributed by atoms with E-state index in [0.29, 0.717) is 12.3 Å². The van der Waals surface area contributed by atoms with Crippen LogP contribution in [0.2, 0.25) is 0 Å². The topological polar surface area (TPSA) is 108 Å². The lowest BCUT2D eigenvalue weighted by Gasteiger charge is -2.36. The molecule has 0 bridgehead atoms. The Balaban J connectivity index is 3.05. The van der Waals surface area contributed by atoms with Gasteiger partial charge in [-0.3, -0.25) is 19.6 Å². The number of hydrogen-bond donors (Lipinski definition) is 4. The zero-order valence-corrected chi connectivity index (χ0v) is 21.2. The average molecular weight is 470 g/mol. The quantitative estimate of drug-likeness (QED) is 0.187. The van der Waals surface area contributed by atoms with Crippen LogP contribution in [0.25, 0.3) is 0 Å². The maximum atomic E-state index is 13.4.